The van der Waals surface area contributed by atoms with Crippen molar-refractivity contribution in [2.45, 2.75) is 66.2 Å². The van der Waals surface area contributed by atoms with E-state index in [0.29, 0.717) is 0 Å². The summed E-state index contributed by atoms with van der Waals surface area (Å²) in [6.07, 6.45) is 8.73. The third-order valence-corrected chi connectivity index (χ3v) is 4.09. The van der Waals surface area contributed by atoms with Gasteiger partial charge in [0.1, 0.15) is 0 Å². The SMILES string of the molecule is CCCC(C)C1CCC(C)CC(C)C1. The minimum absolute atomic E-state index is 0.966. The van der Waals surface area contributed by atoms with E-state index in [0.717, 1.165) is 23.7 Å². The second-order valence-corrected chi connectivity index (χ2v) is 5.79. The second kappa shape index (κ2) is 5.78. The summed E-state index contributed by atoms with van der Waals surface area (Å²) in [4.78, 5) is 0. The molecule has 1 rings (SSSR count). The van der Waals surface area contributed by atoms with E-state index in [-0.39, 0.29) is 0 Å². The fraction of sp³-hybridized carbons (Fsp3) is 1.00. The molecule has 0 bridgehead atoms. The molecule has 0 aliphatic heterocycles. The lowest BCUT2D eigenvalue weighted by Gasteiger charge is -2.23. The van der Waals surface area contributed by atoms with Crippen molar-refractivity contribution >= 4 is 0 Å². The molecule has 14 heavy (non-hydrogen) atoms. The molecule has 1 aliphatic carbocycles. The van der Waals surface area contributed by atoms with Crippen LogP contribution in [0, 0.1) is 23.7 Å². The van der Waals surface area contributed by atoms with Crippen LogP contribution in [0.25, 0.3) is 0 Å². The number of rotatable bonds is 3. The summed E-state index contributed by atoms with van der Waals surface area (Å²) in [5.41, 5.74) is 0. The van der Waals surface area contributed by atoms with Crippen molar-refractivity contribution in [3.63, 3.8) is 0 Å². The summed E-state index contributed by atoms with van der Waals surface area (Å²) in [7, 11) is 0. The quantitative estimate of drug-likeness (QED) is 0.564. The molecule has 0 N–H and O–H groups in total. The molecule has 0 spiro atoms. The minimum atomic E-state index is 0.966. The third-order valence-electron chi connectivity index (χ3n) is 4.09. The Morgan fingerprint density at radius 3 is 2.43 bits per heavy atom. The van der Waals surface area contributed by atoms with Gasteiger partial charge in [0.05, 0.1) is 0 Å². The minimum Gasteiger partial charge on any atom is -0.0654 e. The van der Waals surface area contributed by atoms with Crippen LogP contribution in [0.2, 0.25) is 0 Å². The van der Waals surface area contributed by atoms with Crippen LogP contribution in [0.15, 0.2) is 0 Å². The fourth-order valence-electron chi connectivity index (χ4n) is 3.24. The molecule has 1 fully saturated rings. The van der Waals surface area contributed by atoms with Crippen LogP contribution in [0.5, 0.6) is 0 Å². The first-order valence-corrected chi connectivity index (χ1v) is 6.63. The molecule has 0 amide bonds. The average Bonchev–Trinajstić information content (AvgIpc) is 2.27. The van der Waals surface area contributed by atoms with Crippen molar-refractivity contribution in [1.82, 2.24) is 0 Å². The van der Waals surface area contributed by atoms with Gasteiger partial charge in [-0.2, -0.15) is 0 Å². The van der Waals surface area contributed by atoms with Crippen LogP contribution in [-0.4, -0.2) is 0 Å². The van der Waals surface area contributed by atoms with Gasteiger partial charge in [0, 0.05) is 0 Å². The van der Waals surface area contributed by atoms with E-state index in [1.165, 1.54) is 38.5 Å². The van der Waals surface area contributed by atoms with Gasteiger partial charge in [-0.25, -0.2) is 0 Å². The summed E-state index contributed by atoms with van der Waals surface area (Å²) in [6, 6.07) is 0. The van der Waals surface area contributed by atoms with Gasteiger partial charge in [-0.3, -0.25) is 0 Å². The fourth-order valence-corrected chi connectivity index (χ4v) is 3.24. The highest BCUT2D eigenvalue weighted by molar-refractivity contribution is 4.75. The largest absolute Gasteiger partial charge is 0.0654 e. The van der Waals surface area contributed by atoms with Gasteiger partial charge < -0.3 is 0 Å². The monoisotopic (exact) mass is 196 g/mol. The highest BCUT2D eigenvalue weighted by Gasteiger charge is 2.24. The molecule has 0 nitrogen and oxygen atoms in total. The lowest BCUT2D eigenvalue weighted by molar-refractivity contribution is 0.275. The zero-order chi connectivity index (χ0) is 10.6. The average molecular weight is 196 g/mol. The van der Waals surface area contributed by atoms with Crippen LogP contribution >= 0.6 is 0 Å². The molecule has 0 aromatic heterocycles. The molecule has 1 saturated carbocycles. The maximum absolute atomic E-state index is 2.47. The van der Waals surface area contributed by atoms with E-state index < -0.39 is 0 Å². The van der Waals surface area contributed by atoms with E-state index in [2.05, 4.69) is 27.7 Å². The first-order chi connectivity index (χ1) is 6.63. The van der Waals surface area contributed by atoms with E-state index in [1.807, 2.05) is 0 Å². The molecule has 0 heteroatoms. The molecule has 0 aromatic rings. The molecule has 4 atom stereocenters. The smallest absolute Gasteiger partial charge is 0.0386 e. The lowest BCUT2D eigenvalue weighted by Crippen LogP contribution is -2.13. The van der Waals surface area contributed by atoms with Gasteiger partial charge in [-0.1, -0.05) is 47.0 Å². The first kappa shape index (κ1) is 12.1. The predicted molar refractivity (Wildman–Crippen MR) is 64.4 cm³/mol. The van der Waals surface area contributed by atoms with E-state index in [4.69, 9.17) is 0 Å². The Labute approximate surface area is 90.5 Å². The van der Waals surface area contributed by atoms with Gasteiger partial charge in [0.2, 0.25) is 0 Å². The molecule has 4 unspecified atom stereocenters. The molecule has 0 aromatic carbocycles. The summed E-state index contributed by atoms with van der Waals surface area (Å²) in [6.45, 7) is 9.67. The molecule has 1 aliphatic rings. The molecule has 0 heterocycles. The molecule has 84 valence electrons. The van der Waals surface area contributed by atoms with Gasteiger partial charge in [-0.15, -0.1) is 0 Å². The second-order valence-electron chi connectivity index (χ2n) is 5.79. The zero-order valence-corrected chi connectivity index (χ0v) is 10.6. The Kier molecular flexibility index (Phi) is 4.98. The lowest BCUT2D eigenvalue weighted by atomic mass is 9.82. The standard InChI is InChI=1S/C14H28/c1-5-6-13(4)14-8-7-11(2)9-12(3)10-14/h11-14H,5-10H2,1-4H3. The van der Waals surface area contributed by atoms with E-state index in [9.17, 15) is 0 Å². The van der Waals surface area contributed by atoms with Crippen molar-refractivity contribution in [3.05, 3.63) is 0 Å². The van der Waals surface area contributed by atoms with E-state index >= 15 is 0 Å². The van der Waals surface area contributed by atoms with Gasteiger partial charge in [-0.05, 0) is 42.9 Å². The Hall–Kier alpha value is 0. The Morgan fingerprint density at radius 1 is 1.07 bits per heavy atom. The summed E-state index contributed by atoms with van der Waals surface area (Å²) in [5.74, 6) is 3.93. The molecule has 0 saturated heterocycles. The molecule has 0 radical (unpaired) electrons. The summed E-state index contributed by atoms with van der Waals surface area (Å²) < 4.78 is 0. The Balaban J connectivity index is 2.44. The highest BCUT2D eigenvalue weighted by Crippen LogP contribution is 2.36. The van der Waals surface area contributed by atoms with Crippen molar-refractivity contribution in [2.75, 3.05) is 0 Å². The Bertz CT molecular complexity index is 150. The van der Waals surface area contributed by atoms with Crippen LogP contribution < -0.4 is 0 Å². The van der Waals surface area contributed by atoms with Gasteiger partial charge in [0.15, 0.2) is 0 Å². The van der Waals surface area contributed by atoms with E-state index in [1.54, 1.807) is 0 Å². The zero-order valence-electron chi connectivity index (χ0n) is 10.6. The van der Waals surface area contributed by atoms with Crippen molar-refractivity contribution in [1.29, 1.82) is 0 Å². The van der Waals surface area contributed by atoms with Gasteiger partial charge in [0.25, 0.3) is 0 Å². The van der Waals surface area contributed by atoms with Crippen molar-refractivity contribution in [2.24, 2.45) is 23.7 Å². The number of hydrogen-bond donors (Lipinski definition) is 0. The van der Waals surface area contributed by atoms with Crippen LogP contribution in [-0.2, 0) is 0 Å². The van der Waals surface area contributed by atoms with Crippen molar-refractivity contribution < 1.29 is 0 Å². The van der Waals surface area contributed by atoms with Crippen molar-refractivity contribution in [3.8, 4) is 0 Å². The molecular formula is C14H28. The Morgan fingerprint density at radius 2 is 1.79 bits per heavy atom. The maximum Gasteiger partial charge on any atom is -0.0386 e. The topological polar surface area (TPSA) is 0 Å². The summed E-state index contributed by atoms with van der Waals surface area (Å²) >= 11 is 0. The normalized spacial score (nSPS) is 36.4. The van der Waals surface area contributed by atoms with Gasteiger partial charge >= 0.3 is 0 Å². The third kappa shape index (κ3) is 3.63. The number of hydrogen-bond acceptors (Lipinski definition) is 0. The highest BCUT2D eigenvalue weighted by atomic mass is 14.3. The first-order valence-electron chi connectivity index (χ1n) is 6.63. The van der Waals surface area contributed by atoms with Crippen LogP contribution in [0.1, 0.15) is 66.2 Å². The van der Waals surface area contributed by atoms with Crippen LogP contribution in [0.4, 0.5) is 0 Å². The molecular weight excluding hydrogens is 168 g/mol. The predicted octanol–water partition coefficient (Wildman–Crippen LogP) is 4.89. The summed E-state index contributed by atoms with van der Waals surface area (Å²) in [5, 5.41) is 0. The van der Waals surface area contributed by atoms with Crippen LogP contribution in [0.3, 0.4) is 0 Å². The maximum atomic E-state index is 2.47.